The number of nitrogens with zero attached hydrogens (tertiary/aromatic N) is 2. The first-order valence-electron chi connectivity index (χ1n) is 8.20. The fourth-order valence-corrected chi connectivity index (χ4v) is 2.77. The number of pyridine rings is 1. The summed E-state index contributed by atoms with van der Waals surface area (Å²) < 4.78 is 1.70. The van der Waals surface area contributed by atoms with Gasteiger partial charge in [-0.05, 0) is 29.3 Å². The van der Waals surface area contributed by atoms with Crippen LogP contribution in [0.3, 0.4) is 0 Å². The minimum Gasteiger partial charge on any atom is -0.352 e. The molecule has 0 saturated carbocycles. The van der Waals surface area contributed by atoms with Gasteiger partial charge in [0.15, 0.2) is 0 Å². The summed E-state index contributed by atoms with van der Waals surface area (Å²) in [6.45, 7) is 1.27. The number of aromatic nitrogens is 3. The summed E-state index contributed by atoms with van der Waals surface area (Å²) in [6, 6.07) is 21.4. The number of rotatable bonds is 5. The van der Waals surface area contributed by atoms with Crippen molar-refractivity contribution < 1.29 is 0 Å². The lowest BCUT2D eigenvalue weighted by molar-refractivity contribution is 0.759. The molecule has 4 aromatic rings. The van der Waals surface area contributed by atoms with Crippen molar-refractivity contribution in [2.75, 3.05) is 5.32 Å². The molecule has 0 fully saturated rings. The number of imidazole rings is 1. The van der Waals surface area contributed by atoms with Gasteiger partial charge >= 0.3 is 0 Å². The van der Waals surface area contributed by atoms with Crippen LogP contribution in [0.25, 0.3) is 11.0 Å². The molecule has 2 aromatic carbocycles. The highest BCUT2D eigenvalue weighted by Gasteiger charge is 2.02. The number of benzene rings is 2. The Morgan fingerprint density at radius 3 is 2.48 bits per heavy atom. The molecule has 2 heterocycles. The number of hydrogen-bond acceptors (Lipinski definition) is 3. The van der Waals surface area contributed by atoms with Gasteiger partial charge in [0, 0.05) is 18.8 Å². The van der Waals surface area contributed by atoms with Gasteiger partial charge in [0.05, 0.1) is 17.6 Å². The number of aromatic amines is 1. The summed E-state index contributed by atoms with van der Waals surface area (Å²) in [5, 5.41) is 3.31. The molecule has 0 amide bonds. The topological polar surface area (TPSA) is 62.7 Å². The summed E-state index contributed by atoms with van der Waals surface area (Å²) in [4.78, 5) is 19.5. The molecule has 0 aliphatic heterocycles. The Balaban J connectivity index is 1.42. The molecule has 2 aromatic heterocycles. The smallest absolute Gasteiger partial charge is 0.250 e. The van der Waals surface area contributed by atoms with Crippen molar-refractivity contribution in [1.29, 1.82) is 0 Å². The largest absolute Gasteiger partial charge is 0.352 e. The Kier molecular flexibility index (Phi) is 4.04. The highest BCUT2D eigenvalue weighted by Crippen LogP contribution is 2.14. The fraction of sp³-hybridized carbons (Fsp3) is 0.100. The third kappa shape index (κ3) is 3.45. The zero-order valence-electron chi connectivity index (χ0n) is 13.6. The zero-order valence-corrected chi connectivity index (χ0v) is 13.6. The highest BCUT2D eigenvalue weighted by molar-refractivity contribution is 5.77. The number of anilines is 1. The van der Waals surface area contributed by atoms with Crippen molar-refractivity contribution in [2.24, 2.45) is 0 Å². The van der Waals surface area contributed by atoms with E-state index in [0.29, 0.717) is 13.1 Å². The van der Waals surface area contributed by atoms with E-state index in [9.17, 15) is 4.79 Å². The first kappa shape index (κ1) is 15.2. The number of fused-ring (bicyclic) bond motifs is 1. The van der Waals surface area contributed by atoms with Crippen LogP contribution < -0.4 is 10.9 Å². The van der Waals surface area contributed by atoms with Gasteiger partial charge in [-0.3, -0.25) is 4.79 Å². The molecule has 5 heteroatoms. The van der Waals surface area contributed by atoms with Gasteiger partial charge in [-0.2, -0.15) is 0 Å². The molecular formula is C20H18N4O. The van der Waals surface area contributed by atoms with Gasteiger partial charge in [0.2, 0.25) is 5.95 Å². The molecule has 0 aliphatic rings. The van der Waals surface area contributed by atoms with Crippen LogP contribution in [0.1, 0.15) is 11.1 Å². The molecule has 0 aliphatic carbocycles. The first-order chi connectivity index (χ1) is 12.3. The maximum atomic E-state index is 11.8. The van der Waals surface area contributed by atoms with Crippen LogP contribution >= 0.6 is 0 Å². The minimum absolute atomic E-state index is 0.0122. The van der Waals surface area contributed by atoms with Crippen molar-refractivity contribution in [3.63, 3.8) is 0 Å². The van der Waals surface area contributed by atoms with E-state index in [2.05, 4.69) is 39.6 Å². The summed E-state index contributed by atoms with van der Waals surface area (Å²) in [5.41, 5.74) is 4.24. The lowest BCUT2D eigenvalue weighted by Crippen LogP contribution is -2.18. The van der Waals surface area contributed by atoms with Crippen molar-refractivity contribution in [3.05, 3.63) is 94.4 Å². The Morgan fingerprint density at radius 2 is 1.68 bits per heavy atom. The van der Waals surface area contributed by atoms with Crippen LogP contribution in [-0.2, 0) is 13.1 Å². The fourth-order valence-electron chi connectivity index (χ4n) is 2.77. The van der Waals surface area contributed by atoms with Crippen LogP contribution in [0.15, 0.2) is 77.7 Å². The molecule has 0 radical (unpaired) electrons. The first-order valence-corrected chi connectivity index (χ1v) is 8.20. The third-order valence-electron chi connectivity index (χ3n) is 4.12. The Labute approximate surface area is 145 Å². The molecule has 124 valence electrons. The molecule has 0 bridgehead atoms. The van der Waals surface area contributed by atoms with Crippen molar-refractivity contribution in [3.8, 4) is 0 Å². The van der Waals surface area contributed by atoms with Gasteiger partial charge < -0.3 is 14.9 Å². The van der Waals surface area contributed by atoms with E-state index in [4.69, 9.17) is 0 Å². The summed E-state index contributed by atoms with van der Waals surface area (Å²) >= 11 is 0. The Morgan fingerprint density at radius 1 is 0.920 bits per heavy atom. The molecular weight excluding hydrogens is 312 g/mol. The van der Waals surface area contributed by atoms with E-state index < -0.39 is 0 Å². The SMILES string of the molecule is O=c1ccccn1Cc1ccc(CNc2nc3ccccc3[nH]2)cc1. The van der Waals surface area contributed by atoms with Gasteiger partial charge in [0.1, 0.15) is 0 Å². The monoisotopic (exact) mass is 330 g/mol. The van der Waals surface area contributed by atoms with Gasteiger partial charge in [-0.1, -0.05) is 42.5 Å². The predicted octanol–water partition coefficient (Wildman–Crippen LogP) is 3.39. The maximum Gasteiger partial charge on any atom is 0.250 e. The average Bonchev–Trinajstić information content (AvgIpc) is 3.06. The highest BCUT2D eigenvalue weighted by atomic mass is 16.1. The van der Waals surface area contributed by atoms with Gasteiger partial charge in [0.25, 0.3) is 5.56 Å². The van der Waals surface area contributed by atoms with Crippen molar-refractivity contribution in [2.45, 2.75) is 13.1 Å². The Bertz CT molecular complexity index is 1010. The van der Waals surface area contributed by atoms with E-state index in [1.54, 1.807) is 22.9 Å². The quantitative estimate of drug-likeness (QED) is 0.590. The number of nitrogens with one attached hydrogen (secondary N) is 2. The maximum absolute atomic E-state index is 11.8. The van der Waals surface area contributed by atoms with Gasteiger partial charge in [-0.25, -0.2) is 4.98 Å². The van der Waals surface area contributed by atoms with Crippen LogP contribution in [0.4, 0.5) is 5.95 Å². The zero-order chi connectivity index (χ0) is 17.1. The molecule has 0 atom stereocenters. The average molecular weight is 330 g/mol. The molecule has 25 heavy (non-hydrogen) atoms. The van der Waals surface area contributed by atoms with E-state index in [0.717, 1.165) is 28.1 Å². The summed E-state index contributed by atoms with van der Waals surface area (Å²) in [5.74, 6) is 0.765. The normalized spacial score (nSPS) is 10.9. The molecule has 2 N–H and O–H groups in total. The molecule has 4 rings (SSSR count). The van der Waals surface area contributed by atoms with Crippen LogP contribution in [-0.4, -0.2) is 14.5 Å². The lowest BCUT2D eigenvalue weighted by atomic mass is 10.1. The second-order valence-electron chi connectivity index (χ2n) is 5.94. The Hall–Kier alpha value is -3.34. The van der Waals surface area contributed by atoms with Crippen molar-refractivity contribution >= 4 is 17.0 Å². The number of hydrogen-bond donors (Lipinski definition) is 2. The van der Waals surface area contributed by atoms with Crippen LogP contribution in [0, 0.1) is 0 Å². The summed E-state index contributed by atoms with van der Waals surface area (Å²) in [6.07, 6.45) is 1.80. The molecule has 5 nitrogen and oxygen atoms in total. The predicted molar refractivity (Wildman–Crippen MR) is 99.7 cm³/mol. The second kappa shape index (κ2) is 6.65. The van der Waals surface area contributed by atoms with E-state index >= 15 is 0 Å². The van der Waals surface area contributed by atoms with Gasteiger partial charge in [-0.15, -0.1) is 0 Å². The van der Waals surface area contributed by atoms with Crippen molar-refractivity contribution in [1.82, 2.24) is 14.5 Å². The summed E-state index contributed by atoms with van der Waals surface area (Å²) in [7, 11) is 0. The number of para-hydroxylation sites is 2. The standard InChI is InChI=1S/C20H18N4O/c25-19-7-3-4-12-24(19)14-16-10-8-15(9-11-16)13-21-20-22-17-5-1-2-6-18(17)23-20/h1-12H,13-14H2,(H2,21,22,23). The molecule has 0 saturated heterocycles. The molecule has 0 unspecified atom stereocenters. The van der Waals surface area contributed by atoms with E-state index in [1.807, 2.05) is 30.3 Å². The van der Waals surface area contributed by atoms with E-state index in [-0.39, 0.29) is 5.56 Å². The lowest BCUT2D eigenvalue weighted by Gasteiger charge is -2.07. The minimum atomic E-state index is 0.0122. The van der Waals surface area contributed by atoms with Crippen LogP contribution in [0.2, 0.25) is 0 Å². The second-order valence-corrected chi connectivity index (χ2v) is 5.94. The molecule has 0 spiro atoms. The van der Waals surface area contributed by atoms with E-state index in [1.165, 1.54) is 0 Å². The van der Waals surface area contributed by atoms with Crippen LogP contribution in [0.5, 0.6) is 0 Å². The number of H-pyrrole nitrogens is 1. The third-order valence-corrected chi connectivity index (χ3v) is 4.12.